The Labute approximate surface area is 110 Å². The van der Waals surface area contributed by atoms with Crippen LogP contribution in [0.5, 0.6) is 0 Å². The molecule has 1 unspecified atom stereocenters. The fourth-order valence-electron chi connectivity index (χ4n) is 2.54. The summed E-state index contributed by atoms with van der Waals surface area (Å²) in [5.41, 5.74) is 0. The van der Waals surface area contributed by atoms with Gasteiger partial charge in [-0.15, -0.1) is 0 Å². The summed E-state index contributed by atoms with van der Waals surface area (Å²) in [7, 11) is 2.01. The number of aromatic nitrogens is 3. The van der Waals surface area contributed by atoms with Crippen LogP contribution in [0.25, 0.3) is 0 Å². The van der Waals surface area contributed by atoms with Crippen molar-refractivity contribution >= 4 is 0 Å². The molecule has 18 heavy (non-hydrogen) atoms. The maximum Gasteiger partial charge on any atom is 0.154 e. The lowest BCUT2D eigenvalue weighted by molar-refractivity contribution is 0.427. The molecule has 1 aliphatic rings. The second-order valence-electron chi connectivity index (χ2n) is 5.53. The van der Waals surface area contributed by atoms with Crippen LogP contribution in [-0.4, -0.2) is 20.8 Å². The monoisotopic (exact) mass is 250 g/mol. The normalized spacial score (nSPS) is 19.1. The highest BCUT2D eigenvalue weighted by Crippen LogP contribution is 2.30. The summed E-state index contributed by atoms with van der Waals surface area (Å²) in [6.07, 6.45) is 7.73. The van der Waals surface area contributed by atoms with Crippen LogP contribution in [0.2, 0.25) is 0 Å². The highest BCUT2D eigenvalue weighted by Gasteiger charge is 2.20. The molecule has 0 aliphatic heterocycles. The van der Waals surface area contributed by atoms with Gasteiger partial charge >= 0.3 is 0 Å². The Bertz CT molecular complexity index is 366. The molecule has 0 bridgehead atoms. The molecule has 1 aromatic heterocycles. The van der Waals surface area contributed by atoms with Gasteiger partial charge in [-0.25, -0.2) is 4.98 Å². The standard InChI is InChI=1S/C14H26N4/c1-4-11(2)15-10-13-16-14(17-18(13)3)12-8-6-5-7-9-12/h11-12,15H,4-10H2,1-3H3. The third kappa shape index (κ3) is 3.31. The molecule has 0 radical (unpaired) electrons. The van der Waals surface area contributed by atoms with E-state index in [0.29, 0.717) is 12.0 Å². The first kappa shape index (κ1) is 13.5. The third-order valence-corrected chi connectivity index (χ3v) is 4.06. The van der Waals surface area contributed by atoms with Gasteiger partial charge in [0.15, 0.2) is 5.82 Å². The molecule has 1 aliphatic carbocycles. The van der Waals surface area contributed by atoms with E-state index in [1.807, 2.05) is 11.7 Å². The summed E-state index contributed by atoms with van der Waals surface area (Å²) in [6, 6.07) is 0.542. The summed E-state index contributed by atoms with van der Waals surface area (Å²) in [5.74, 6) is 2.73. The van der Waals surface area contributed by atoms with E-state index in [2.05, 4.69) is 24.3 Å². The molecule has 0 spiro atoms. The summed E-state index contributed by atoms with van der Waals surface area (Å²) < 4.78 is 1.94. The minimum absolute atomic E-state index is 0.542. The molecule has 0 amide bonds. The van der Waals surface area contributed by atoms with Crippen molar-refractivity contribution in [3.05, 3.63) is 11.6 Å². The van der Waals surface area contributed by atoms with E-state index in [1.54, 1.807) is 0 Å². The Morgan fingerprint density at radius 2 is 2.06 bits per heavy atom. The number of rotatable bonds is 5. The number of hydrogen-bond acceptors (Lipinski definition) is 3. The molecular formula is C14H26N4. The first-order valence-electron chi connectivity index (χ1n) is 7.34. The first-order valence-corrected chi connectivity index (χ1v) is 7.34. The van der Waals surface area contributed by atoms with Gasteiger partial charge < -0.3 is 5.32 Å². The molecule has 0 saturated heterocycles. The van der Waals surface area contributed by atoms with Crippen molar-refractivity contribution in [1.29, 1.82) is 0 Å². The molecule has 102 valence electrons. The van der Waals surface area contributed by atoms with Crippen molar-refractivity contribution in [3.63, 3.8) is 0 Å². The maximum atomic E-state index is 4.73. The minimum atomic E-state index is 0.542. The van der Waals surface area contributed by atoms with Crippen molar-refractivity contribution in [3.8, 4) is 0 Å². The van der Waals surface area contributed by atoms with Gasteiger partial charge in [0.1, 0.15) is 5.82 Å². The molecule has 1 heterocycles. The number of nitrogens with zero attached hydrogens (tertiary/aromatic N) is 3. The molecule has 1 saturated carbocycles. The lowest BCUT2D eigenvalue weighted by atomic mass is 9.89. The summed E-state index contributed by atoms with van der Waals surface area (Å²) >= 11 is 0. The lowest BCUT2D eigenvalue weighted by Gasteiger charge is -2.18. The Balaban J connectivity index is 1.97. The zero-order valence-corrected chi connectivity index (χ0v) is 11.9. The van der Waals surface area contributed by atoms with Gasteiger partial charge in [-0.2, -0.15) is 5.10 Å². The Morgan fingerprint density at radius 1 is 1.33 bits per heavy atom. The number of hydrogen-bond donors (Lipinski definition) is 1. The largest absolute Gasteiger partial charge is 0.307 e. The predicted molar refractivity (Wildman–Crippen MR) is 73.4 cm³/mol. The summed E-state index contributed by atoms with van der Waals surface area (Å²) in [5, 5.41) is 8.09. The van der Waals surface area contributed by atoms with Gasteiger partial charge in [0, 0.05) is 19.0 Å². The van der Waals surface area contributed by atoms with E-state index in [-0.39, 0.29) is 0 Å². The van der Waals surface area contributed by atoms with Crippen LogP contribution in [-0.2, 0) is 13.6 Å². The third-order valence-electron chi connectivity index (χ3n) is 4.06. The molecule has 4 heteroatoms. The Kier molecular flexibility index (Phi) is 4.75. The second kappa shape index (κ2) is 6.32. The zero-order valence-electron chi connectivity index (χ0n) is 11.9. The van der Waals surface area contributed by atoms with E-state index < -0.39 is 0 Å². The molecule has 1 fully saturated rings. The molecule has 1 aromatic rings. The minimum Gasteiger partial charge on any atom is -0.307 e. The van der Waals surface area contributed by atoms with E-state index in [1.165, 1.54) is 32.1 Å². The fourth-order valence-corrected chi connectivity index (χ4v) is 2.54. The summed E-state index contributed by atoms with van der Waals surface area (Å²) in [4.78, 5) is 4.73. The quantitative estimate of drug-likeness (QED) is 0.873. The van der Waals surface area contributed by atoms with Gasteiger partial charge in [0.2, 0.25) is 0 Å². The SMILES string of the molecule is CCC(C)NCc1nc(C2CCCCC2)nn1C. The average molecular weight is 250 g/mol. The first-order chi connectivity index (χ1) is 8.70. The van der Waals surface area contributed by atoms with Gasteiger partial charge in [-0.3, -0.25) is 4.68 Å². The van der Waals surface area contributed by atoms with E-state index in [9.17, 15) is 0 Å². The fraction of sp³-hybridized carbons (Fsp3) is 0.857. The van der Waals surface area contributed by atoms with Crippen LogP contribution in [0.3, 0.4) is 0 Å². The summed E-state index contributed by atoms with van der Waals surface area (Å²) in [6.45, 7) is 5.23. The van der Waals surface area contributed by atoms with Crippen LogP contribution in [0, 0.1) is 0 Å². The topological polar surface area (TPSA) is 42.7 Å². The van der Waals surface area contributed by atoms with E-state index in [0.717, 1.165) is 24.6 Å². The molecule has 0 aromatic carbocycles. The Hall–Kier alpha value is -0.900. The highest BCUT2D eigenvalue weighted by molar-refractivity contribution is 5.00. The average Bonchev–Trinajstić information content (AvgIpc) is 2.78. The smallest absolute Gasteiger partial charge is 0.154 e. The molecule has 1 N–H and O–H groups in total. The van der Waals surface area contributed by atoms with E-state index in [4.69, 9.17) is 4.98 Å². The zero-order chi connectivity index (χ0) is 13.0. The number of aryl methyl sites for hydroxylation is 1. The van der Waals surface area contributed by atoms with Gasteiger partial charge in [0.05, 0.1) is 6.54 Å². The lowest BCUT2D eigenvalue weighted by Crippen LogP contribution is -2.26. The molecular weight excluding hydrogens is 224 g/mol. The molecule has 2 rings (SSSR count). The van der Waals surface area contributed by atoms with Crippen molar-refractivity contribution < 1.29 is 0 Å². The molecule has 4 nitrogen and oxygen atoms in total. The van der Waals surface area contributed by atoms with Crippen LogP contribution >= 0.6 is 0 Å². The van der Waals surface area contributed by atoms with Crippen LogP contribution in [0.1, 0.15) is 69.9 Å². The van der Waals surface area contributed by atoms with Crippen molar-refractivity contribution in [1.82, 2.24) is 20.1 Å². The number of nitrogens with one attached hydrogen (secondary N) is 1. The van der Waals surface area contributed by atoms with Crippen LogP contribution in [0.4, 0.5) is 0 Å². The van der Waals surface area contributed by atoms with E-state index >= 15 is 0 Å². The van der Waals surface area contributed by atoms with Gasteiger partial charge in [-0.05, 0) is 26.2 Å². The highest BCUT2D eigenvalue weighted by atomic mass is 15.3. The van der Waals surface area contributed by atoms with Crippen LogP contribution in [0.15, 0.2) is 0 Å². The maximum absolute atomic E-state index is 4.73. The van der Waals surface area contributed by atoms with Crippen molar-refractivity contribution in [2.75, 3.05) is 0 Å². The van der Waals surface area contributed by atoms with Crippen molar-refractivity contribution in [2.24, 2.45) is 7.05 Å². The Morgan fingerprint density at radius 3 is 2.72 bits per heavy atom. The van der Waals surface area contributed by atoms with Gasteiger partial charge in [0.25, 0.3) is 0 Å². The molecule has 1 atom stereocenters. The van der Waals surface area contributed by atoms with Crippen molar-refractivity contribution in [2.45, 2.75) is 70.9 Å². The van der Waals surface area contributed by atoms with Gasteiger partial charge in [-0.1, -0.05) is 26.2 Å². The second-order valence-corrected chi connectivity index (χ2v) is 5.53. The predicted octanol–water partition coefficient (Wildman–Crippen LogP) is 2.75. The van der Waals surface area contributed by atoms with Crippen LogP contribution < -0.4 is 5.32 Å².